The predicted octanol–water partition coefficient (Wildman–Crippen LogP) is 3.17. The quantitative estimate of drug-likeness (QED) is 0.790. The minimum Gasteiger partial charge on any atom is -0.328 e. The van der Waals surface area contributed by atoms with Crippen molar-refractivity contribution < 1.29 is 4.79 Å². The van der Waals surface area contributed by atoms with Gasteiger partial charge in [-0.25, -0.2) is 0 Å². The van der Waals surface area contributed by atoms with Gasteiger partial charge < -0.3 is 5.32 Å². The number of carbonyl (C=O) groups excluding carboxylic acids is 1. The molecule has 110 valence electrons. The molecule has 0 atom stereocenters. The van der Waals surface area contributed by atoms with Crippen molar-refractivity contribution in [2.45, 2.75) is 60.9 Å². The van der Waals surface area contributed by atoms with Crippen LogP contribution in [0.15, 0.2) is 11.3 Å². The molecule has 3 nitrogen and oxygen atoms in total. The number of carbonyl (C=O) groups is 1. The van der Waals surface area contributed by atoms with Crippen LogP contribution in [0.25, 0.3) is 0 Å². The Hall–Kier alpha value is -0.830. The molecule has 0 bridgehead atoms. The summed E-state index contributed by atoms with van der Waals surface area (Å²) >= 11 is 0. The Balaban J connectivity index is 3.27. The molecular weight excluding hydrogens is 236 g/mol. The van der Waals surface area contributed by atoms with Gasteiger partial charge in [0.15, 0.2) is 0 Å². The van der Waals surface area contributed by atoms with Crippen LogP contribution in [0.2, 0.25) is 0 Å². The van der Waals surface area contributed by atoms with E-state index in [4.69, 9.17) is 0 Å². The summed E-state index contributed by atoms with van der Waals surface area (Å²) in [6.07, 6.45) is 0. The fourth-order valence-electron chi connectivity index (χ4n) is 2.38. The molecule has 0 aromatic rings. The second-order valence-electron chi connectivity index (χ2n) is 7.87. The van der Waals surface area contributed by atoms with Crippen molar-refractivity contribution in [3.05, 3.63) is 11.3 Å². The van der Waals surface area contributed by atoms with Crippen LogP contribution in [0.4, 0.5) is 0 Å². The van der Waals surface area contributed by atoms with Crippen LogP contribution in [0.3, 0.4) is 0 Å². The molecule has 0 saturated carbocycles. The van der Waals surface area contributed by atoms with Gasteiger partial charge in [0.25, 0.3) is 0 Å². The van der Waals surface area contributed by atoms with Crippen LogP contribution in [-0.4, -0.2) is 29.4 Å². The zero-order chi connectivity index (χ0) is 15.0. The number of nitrogens with zero attached hydrogens (tertiary/aromatic N) is 1. The molecule has 3 heteroatoms. The first-order valence-corrected chi connectivity index (χ1v) is 7.21. The molecule has 1 N–H and O–H groups in total. The fraction of sp³-hybridized carbons (Fsp3) is 0.812. The summed E-state index contributed by atoms with van der Waals surface area (Å²) in [6.45, 7) is 18.8. The van der Waals surface area contributed by atoms with Gasteiger partial charge in [-0.15, -0.1) is 0 Å². The smallest absolute Gasteiger partial charge is 0.238 e. The lowest BCUT2D eigenvalue weighted by molar-refractivity contribution is -0.122. The molecular formula is C16H30N2O. The SMILES string of the molecule is CC(C)C1=C(C(C)(C)C)CN(C(C)(C)C)CC(=O)N1. The van der Waals surface area contributed by atoms with E-state index in [9.17, 15) is 4.79 Å². The highest BCUT2D eigenvalue weighted by Crippen LogP contribution is 2.33. The van der Waals surface area contributed by atoms with Crippen molar-refractivity contribution >= 4 is 5.91 Å². The second-order valence-corrected chi connectivity index (χ2v) is 7.87. The number of hydrogen-bond donors (Lipinski definition) is 1. The summed E-state index contributed by atoms with van der Waals surface area (Å²) in [5, 5.41) is 3.14. The van der Waals surface area contributed by atoms with Gasteiger partial charge >= 0.3 is 0 Å². The molecule has 1 rings (SSSR count). The highest BCUT2D eigenvalue weighted by molar-refractivity contribution is 5.80. The van der Waals surface area contributed by atoms with Crippen LogP contribution < -0.4 is 5.32 Å². The molecule has 1 aliphatic heterocycles. The number of amides is 1. The fourth-order valence-corrected chi connectivity index (χ4v) is 2.38. The minimum absolute atomic E-state index is 0.000267. The Bertz CT molecular complexity index is 381. The highest BCUT2D eigenvalue weighted by Gasteiger charge is 2.33. The van der Waals surface area contributed by atoms with Crippen LogP contribution in [-0.2, 0) is 4.79 Å². The van der Waals surface area contributed by atoms with E-state index in [1.807, 2.05) is 0 Å². The van der Waals surface area contributed by atoms with E-state index >= 15 is 0 Å². The monoisotopic (exact) mass is 266 g/mol. The molecule has 0 aromatic carbocycles. The number of allylic oxidation sites excluding steroid dienone is 1. The van der Waals surface area contributed by atoms with E-state index in [2.05, 4.69) is 65.6 Å². The van der Waals surface area contributed by atoms with E-state index in [1.165, 1.54) is 5.57 Å². The van der Waals surface area contributed by atoms with Crippen LogP contribution in [0, 0.1) is 11.3 Å². The third-order valence-corrected chi connectivity index (χ3v) is 3.71. The molecule has 0 radical (unpaired) electrons. The molecule has 0 saturated heterocycles. The lowest BCUT2D eigenvalue weighted by Gasteiger charge is -2.37. The van der Waals surface area contributed by atoms with Crippen molar-refractivity contribution in [3.8, 4) is 0 Å². The summed E-state index contributed by atoms with van der Waals surface area (Å²) in [5.41, 5.74) is 2.54. The molecule has 0 fully saturated rings. The van der Waals surface area contributed by atoms with E-state index < -0.39 is 0 Å². The maximum absolute atomic E-state index is 12.1. The third kappa shape index (κ3) is 4.07. The molecule has 1 aliphatic rings. The first-order chi connectivity index (χ1) is 8.43. The normalized spacial score (nSPS) is 19.7. The maximum atomic E-state index is 12.1. The molecule has 19 heavy (non-hydrogen) atoms. The topological polar surface area (TPSA) is 32.3 Å². The predicted molar refractivity (Wildman–Crippen MR) is 80.8 cm³/mol. The molecule has 1 heterocycles. The molecule has 0 aliphatic carbocycles. The van der Waals surface area contributed by atoms with E-state index in [0.717, 1.165) is 12.2 Å². The standard InChI is InChI=1S/C16H30N2O/c1-11(2)14-12(15(3,4)5)9-18(16(6,7)8)10-13(19)17-14/h11H,9-10H2,1-8H3,(H,17,19). The summed E-state index contributed by atoms with van der Waals surface area (Å²) in [6, 6.07) is 0. The largest absolute Gasteiger partial charge is 0.328 e. The van der Waals surface area contributed by atoms with Gasteiger partial charge in [0.1, 0.15) is 0 Å². The van der Waals surface area contributed by atoms with Gasteiger partial charge in [0.2, 0.25) is 5.91 Å². The van der Waals surface area contributed by atoms with Gasteiger partial charge in [-0.2, -0.15) is 0 Å². The molecule has 1 amide bonds. The average Bonchev–Trinajstić information content (AvgIpc) is 2.35. The van der Waals surface area contributed by atoms with Crippen LogP contribution in [0.5, 0.6) is 0 Å². The highest BCUT2D eigenvalue weighted by atomic mass is 16.2. The first-order valence-electron chi connectivity index (χ1n) is 7.21. The van der Waals surface area contributed by atoms with Crippen molar-refractivity contribution in [2.24, 2.45) is 11.3 Å². The van der Waals surface area contributed by atoms with E-state index in [0.29, 0.717) is 12.5 Å². The van der Waals surface area contributed by atoms with E-state index in [1.54, 1.807) is 0 Å². The molecule has 0 spiro atoms. The summed E-state index contributed by atoms with van der Waals surface area (Å²) in [5.74, 6) is 0.455. The summed E-state index contributed by atoms with van der Waals surface area (Å²) in [7, 11) is 0. The number of rotatable bonds is 1. The first kappa shape index (κ1) is 16.2. The zero-order valence-corrected chi connectivity index (χ0v) is 13.8. The lowest BCUT2D eigenvalue weighted by atomic mass is 9.82. The van der Waals surface area contributed by atoms with Crippen molar-refractivity contribution in [2.75, 3.05) is 13.1 Å². The van der Waals surface area contributed by atoms with Crippen molar-refractivity contribution in [3.63, 3.8) is 0 Å². The molecule has 0 aromatic heterocycles. The Morgan fingerprint density at radius 1 is 1.05 bits per heavy atom. The maximum Gasteiger partial charge on any atom is 0.238 e. The third-order valence-electron chi connectivity index (χ3n) is 3.71. The van der Waals surface area contributed by atoms with Crippen molar-refractivity contribution in [1.29, 1.82) is 0 Å². The van der Waals surface area contributed by atoms with Gasteiger partial charge in [-0.1, -0.05) is 34.6 Å². The number of nitrogens with one attached hydrogen (secondary N) is 1. The Morgan fingerprint density at radius 2 is 1.58 bits per heavy atom. The van der Waals surface area contributed by atoms with Gasteiger partial charge in [-0.05, 0) is 37.7 Å². The summed E-state index contributed by atoms with van der Waals surface area (Å²) in [4.78, 5) is 14.4. The number of hydrogen-bond acceptors (Lipinski definition) is 2. The second kappa shape index (κ2) is 5.28. The van der Waals surface area contributed by atoms with Gasteiger partial charge in [0, 0.05) is 17.8 Å². The molecule has 0 unspecified atom stereocenters. The van der Waals surface area contributed by atoms with Crippen molar-refractivity contribution in [1.82, 2.24) is 10.2 Å². The van der Waals surface area contributed by atoms with Gasteiger partial charge in [0.05, 0.1) is 6.54 Å². The summed E-state index contributed by atoms with van der Waals surface area (Å²) < 4.78 is 0. The minimum atomic E-state index is 0.000267. The van der Waals surface area contributed by atoms with E-state index in [-0.39, 0.29) is 16.9 Å². The lowest BCUT2D eigenvalue weighted by Crippen LogP contribution is -2.46. The van der Waals surface area contributed by atoms with Crippen LogP contribution in [0.1, 0.15) is 55.4 Å². The Morgan fingerprint density at radius 3 is 1.95 bits per heavy atom. The Kier molecular flexibility index (Phi) is 4.51. The average molecular weight is 266 g/mol. The zero-order valence-electron chi connectivity index (χ0n) is 13.8. The van der Waals surface area contributed by atoms with Gasteiger partial charge in [-0.3, -0.25) is 9.69 Å². The van der Waals surface area contributed by atoms with Crippen LogP contribution >= 0.6 is 0 Å². The Labute approximate surface area is 118 Å².